The van der Waals surface area contributed by atoms with Crippen LogP contribution in [0, 0.1) is 0 Å². The third-order valence-electron chi connectivity index (χ3n) is 0.185. The summed E-state index contributed by atoms with van der Waals surface area (Å²) >= 11 is 0. The predicted molar refractivity (Wildman–Crippen MR) is 22.4 cm³/mol. The van der Waals surface area contributed by atoms with Crippen molar-refractivity contribution in [2.24, 2.45) is 0 Å². The van der Waals surface area contributed by atoms with E-state index in [0.29, 0.717) is 0 Å². The zero-order valence-electron chi connectivity index (χ0n) is 9.22. The first kappa shape index (κ1) is 1.31. The van der Waals surface area contributed by atoms with Crippen molar-refractivity contribution in [3.05, 3.63) is 0 Å². The second-order valence-electron chi connectivity index (χ2n) is 0.677. The lowest BCUT2D eigenvalue weighted by Crippen LogP contribution is -2.03. The van der Waals surface area contributed by atoms with Gasteiger partial charge in [0.15, 0.2) is 0 Å². The highest BCUT2D eigenvalue weighted by Gasteiger charge is 1.93. The molecule has 0 aliphatic carbocycles. The molecule has 0 heterocycles. The van der Waals surface area contributed by atoms with Crippen LogP contribution < -0.4 is 0 Å². The van der Waals surface area contributed by atoms with Crippen LogP contribution in [0.25, 0.3) is 0 Å². The summed E-state index contributed by atoms with van der Waals surface area (Å²) in [6.45, 7) is -6.25. The van der Waals surface area contributed by atoms with E-state index in [0.717, 1.165) is 0 Å². The molecule has 0 unspecified atom stereocenters. The Balaban J connectivity index is 4.34. The van der Waals surface area contributed by atoms with E-state index in [1.165, 1.54) is 0 Å². The fourth-order valence-electron chi connectivity index (χ4n) is 0.0842. The minimum atomic E-state index is -3.12. The molecular weight excluding hydrogens is 96.0 g/mol. The molecule has 0 amide bonds. The summed E-state index contributed by atoms with van der Waals surface area (Å²) in [7, 11) is 0. The van der Waals surface area contributed by atoms with Crippen molar-refractivity contribution in [1.82, 2.24) is 0 Å². The maximum absolute atomic E-state index is 10.5. The van der Waals surface area contributed by atoms with Gasteiger partial charge in [0.2, 0.25) is 0 Å². The standard InChI is InChI=1S/C4H6O3/c1-3(5)7-4(2)6/h1-2H3/i1D3,2D3. The Morgan fingerprint density at radius 3 is 2.14 bits per heavy atom. The fourth-order valence-corrected chi connectivity index (χ4v) is 0.0842. The third-order valence-corrected chi connectivity index (χ3v) is 0.185. The molecule has 0 saturated heterocycles. The summed E-state index contributed by atoms with van der Waals surface area (Å²) in [4.78, 5) is 20.9. The van der Waals surface area contributed by atoms with Crippen LogP contribution in [0.15, 0.2) is 0 Å². The fraction of sp³-hybridized carbons (Fsp3) is 0.500. The van der Waals surface area contributed by atoms with Crippen LogP contribution in [0.1, 0.15) is 21.9 Å². The third kappa shape index (κ3) is 5.14. The predicted octanol–water partition coefficient (Wildman–Crippen LogP) is 0.0960. The molecule has 0 N–H and O–H groups in total. The van der Waals surface area contributed by atoms with Gasteiger partial charge in [0.1, 0.15) is 0 Å². The normalized spacial score (nSPS) is 24.0. The molecule has 0 aromatic rings. The number of rotatable bonds is 0. The molecule has 0 aromatic carbocycles. The van der Waals surface area contributed by atoms with E-state index in [1.54, 1.807) is 0 Å². The van der Waals surface area contributed by atoms with E-state index in [9.17, 15) is 9.59 Å². The second-order valence-corrected chi connectivity index (χ2v) is 0.677. The van der Waals surface area contributed by atoms with Crippen molar-refractivity contribution in [3.8, 4) is 0 Å². The Labute approximate surface area is 49.7 Å². The van der Waals surface area contributed by atoms with E-state index in [4.69, 9.17) is 8.22 Å². The summed E-state index contributed by atoms with van der Waals surface area (Å²) in [5, 5.41) is 0. The van der Waals surface area contributed by atoms with Crippen molar-refractivity contribution in [2.45, 2.75) is 13.7 Å². The lowest BCUT2D eigenvalue weighted by atomic mass is 10.7. The van der Waals surface area contributed by atoms with E-state index in [1.807, 2.05) is 0 Å². The van der Waals surface area contributed by atoms with Gasteiger partial charge in [-0.3, -0.25) is 9.59 Å². The van der Waals surface area contributed by atoms with Crippen molar-refractivity contribution in [1.29, 1.82) is 0 Å². The molecular formula is C4H6O3. The van der Waals surface area contributed by atoms with E-state index in [2.05, 4.69) is 4.74 Å². The van der Waals surface area contributed by atoms with Crippen LogP contribution in [0.5, 0.6) is 0 Å². The lowest BCUT2D eigenvalue weighted by molar-refractivity contribution is -0.156. The Morgan fingerprint density at radius 1 is 1.43 bits per heavy atom. The summed E-state index contributed by atoms with van der Waals surface area (Å²) in [5.74, 6) is -3.68. The minimum absolute atomic E-state index is 1.84. The topological polar surface area (TPSA) is 43.4 Å². The first-order valence-electron chi connectivity index (χ1n) is 4.32. The molecule has 0 atom stereocenters. The summed E-state index contributed by atoms with van der Waals surface area (Å²) in [6.07, 6.45) is 0. The zero-order valence-corrected chi connectivity index (χ0v) is 3.22. The molecule has 40 valence electrons. The van der Waals surface area contributed by atoms with E-state index < -0.39 is 25.6 Å². The molecule has 0 aliphatic heterocycles. The van der Waals surface area contributed by atoms with Crippen LogP contribution in [0.4, 0.5) is 0 Å². The molecule has 0 fully saturated rings. The van der Waals surface area contributed by atoms with Gasteiger partial charge in [0.05, 0.1) is 0 Å². The lowest BCUT2D eigenvalue weighted by Gasteiger charge is -1.87. The Kier molecular flexibility index (Phi) is 0.436. The van der Waals surface area contributed by atoms with E-state index >= 15 is 0 Å². The number of hydrogen-bond acceptors (Lipinski definition) is 3. The number of carbonyl (C=O) groups excluding carboxylic acids is 2. The minimum Gasteiger partial charge on any atom is -0.394 e. The highest BCUT2D eigenvalue weighted by Crippen LogP contribution is 1.73. The quantitative estimate of drug-likeness (QED) is 0.326. The van der Waals surface area contributed by atoms with Crippen molar-refractivity contribution in [3.63, 3.8) is 0 Å². The van der Waals surface area contributed by atoms with Gasteiger partial charge in [0, 0.05) is 21.9 Å². The van der Waals surface area contributed by atoms with Gasteiger partial charge in [-0.1, -0.05) is 0 Å². The van der Waals surface area contributed by atoms with Gasteiger partial charge in [-0.25, -0.2) is 0 Å². The average Bonchev–Trinajstić information content (AvgIpc) is 1.82. The summed E-state index contributed by atoms with van der Waals surface area (Å²) in [5.41, 5.74) is 0. The van der Waals surface area contributed by atoms with Gasteiger partial charge in [0.25, 0.3) is 0 Å². The Hall–Kier alpha value is -0.860. The van der Waals surface area contributed by atoms with Gasteiger partial charge in [-0.05, 0) is 0 Å². The first-order valence-corrected chi connectivity index (χ1v) is 1.32. The number of ether oxygens (including phenoxy) is 1. The highest BCUT2D eigenvalue weighted by molar-refractivity contribution is 5.82. The Morgan fingerprint density at radius 2 is 1.86 bits per heavy atom. The second kappa shape index (κ2) is 2.34. The van der Waals surface area contributed by atoms with Crippen LogP contribution in [0.3, 0.4) is 0 Å². The molecule has 0 saturated carbocycles. The maximum Gasteiger partial charge on any atom is 0.310 e. The average molecular weight is 108 g/mol. The van der Waals surface area contributed by atoms with Gasteiger partial charge in [-0.15, -0.1) is 0 Å². The van der Waals surface area contributed by atoms with Gasteiger partial charge in [-0.2, -0.15) is 0 Å². The monoisotopic (exact) mass is 108 g/mol. The molecule has 0 radical (unpaired) electrons. The number of esters is 2. The van der Waals surface area contributed by atoms with Gasteiger partial charge >= 0.3 is 11.9 Å². The molecule has 0 spiro atoms. The van der Waals surface area contributed by atoms with Crippen LogP contribution in [0.2, 0.25) is 0 Å². The van der Waals surface area contributed by atoms with E-state index in [-0.39, 0.29) is 0 Å². The summed E-state index contributed by atoms with van der Waals surface area (Å²) < 4.78 is 42.3. The molecule has 3 nitrogen and oxygen atoms in total. The molecule has 3 heteroatoms. The smallest absolute Gasteiger partial charge is 0.310 e. The van der Waals surface area contributed by atoms with Crippen molar-refractivity contribution >= 4 is 11.9 Å². The molecule has 0 aliphatic rings. The zero-order chi connectivity index (χ0) is 10.9. The SMILES string of the molecule is [2H]C([2H])([2H])C(=O)OC(=O)C([2H])([2H])[2H]. The first-order chi connectivity index (χ1) is 5.55. The number of hydrogen-bond donors (Lipinski definition) is 0. The molecule has 0 bridgehead atoms. The van der Waals surface area contributed by atoms with Crippen molar-refractivity contribution in [2.75, 3.05) is 0 Å². The molecule has 0 rings (SSSR count). The highest BCUT2D eigenvalue weighted by atomic mass is 16.6. The molecule has 0 aromatic heterocycles. The van der Waals surface area contributed by atoms with Gasteiger partial charge < -0.3 is 4.74 Å². The molecule has 7 heavy (non-hydrogen) atoms. The Bertz CT molecular complexity index is 201. The van der Waals surface area contributed by atoms with Crippen molar-refractivity contribution < 1.29 is 22.6 Å². The van der Waals surface area contributed by atoms with Crippen LogP contribution in [-0.2, 0) is 14.3 Å². The van der Waals surface area contributed by atoms with Crippen LogP contribution >= 0.6 is 0 Å². The summed E-state index contributed by atoms with van der Waals surface area (Å²) in [6, 6.07) is 0. The van der Waals surface area contributed by atoms with Crippen LogP contribution in [-0.4, -0.2) is 11.9 Å². The maximum atomic E-state index is 10.5. The number of carbonyl (C=O) groups is 2. The largest absolute Gasteiger partial charge is 0.394 e.